The second kappa shape index (κ2) is 9.01. The quantitative estimate of drug-likeness (QED) is 0.634. The van der Waals surface area contributed by atoms with Crippen molar-refractivity contribution in [2.24, 2.45) is 0 Å². The van der Waals surface area contributed by atoms with Gasteiger partial charge in [0.25, 0.3) is 5.56 Å². The predicted octanol–water partition coefficient (Wildman–Crippen LogP) is 3.00. The van der Waals surface area contributed by atoms with Crippen molar-refractivity contribution in [1.82, 2.24) is 14.5 Å². The highest BCUT2D eigenvalue weighted by Crippen LogP contribution is 2.22. The van der Waals surface area contributed by atoms with E-state index in [2.05, 4.69) is 4.98 Å². The second-order valence-corrected chi connectivity index (χ2v) is 7.48. The molecule has 0 unspecified atom stereocenters. The van der Waals surface area contributed by atoms with Crippen molar-refractivity contribution >= 4 is 5.97 Å². The van der Waals surface area contributed by atoms with Crippen LogP contribution in [0.25, 0.3) is 5.69 Å². The van der Waals surface area contributed by atoms with E-state index in [0.717, 1.165) is 36.9 Å². The Hall–Kier alpha value is -3.65. The first-order valence-electron chi connectivity index (χ1n) is 10.2. The minimum atomic E-state index is -1.32. The molecule has 2 N–H and O–H groups in total. The number of H-pyrrole nitrogens is 1. The van der Waals surface area contributed by atoms with Crippen molar-refractivity contribution in [1.29, 1.82) is 0 Å². The molecule has 0 amide bonds. The number of benzene rings is 2. The summed E-state index contributed by atoms with van der Waals surface area (Å²) in [4.78, 5) is 41.9. The van der Waals surface area contributed by atoms with Crippen molar-refractivity contribution in [3.63, 3.8) is 0 Å². The Balaban J connectivity index is 1.69. The average molecular weight is 421 g/mol. The van der Waals surface area contributed by atoms with Crippen LogP contribution in [0, 0.1) is 0 Å². The van der Waals surface area contributed by atoms with E-state index < -0.39 is 17.2 Å². The summed E-state index contributed by atoms with van der Waals surface area (Å²) in [6.45, 7) is 1.78. The fraction of sp³-hybridized carbons (Fsp3) is 0.261. The molecule has 2 heterocycles. The van der Waals surface area contributed by atoms with E-state index in [9.17, 15) is 19.5 Å². The average Bonchev–Trinajstić information content (AvgIpc) is 2.78. The molecule has 1 fully saturated rings. The third-order valence-corrected chi connectivity index (χ3v) is 5.32. The first kappa shape index (κ1) is 20.6. The van der Waals surface area contributed by atoms with Crippen molar-refractivity contribution < 1.29 is 14.6 Å². The number of nitrogens with one attached hydrogen (secondary N) is 1. The van der Waals surface area contributed by atoms with Gasteiger partial charge in [-0.15, -0.1) is 0 Å². The largest absolute Gasteiger partial charge is 0.477 e. The van der Waals surface area contributed by atoms with Crippen LogP contribution in [-0.2, 0) is 6.54 Å². The molecule has 0 aliphatic carbocycles. The molecule has 31 heavy (non-hydrogen) atoms. The zero-order chi connectivity index (χ0) is 21.8. The summed E-state index contributed by atoms with van der Waals surface area (Å²) in [7, 11) is 0. The Labute approximate surface area is 178 Å². The summed E-state index contributed by atoms with van der Waals surface area (Å²) in [6, 6.07) is 15.7. The zero-order valence-corrected chi connectivity index (χ0v) is 16.9. The van der Waals surface area contributed by atoms with Crippen molar-refractivity contribution in [2.45, 2.75) is 25.8 Å². The molecule has 3 aromatic rings. The van der Waals surface area contributed by atoms with Crippen LogP contribution in [0.15, 0.2) is 64.2 Å². The summed E-state index contributed by atoms with van der Waals surface area (Å²) in [5.41, 5.74) is -1.34. The molecule has 8 heteroatoms. The molecule has 0 radical (unpaired) electrons. The Morgan fingerprint density at radius 2 is 1.58 bits per heavy atom. The van der Waals surface area contributed by atoms with Crippen molar-refractivity contribution in [3.05, 3.63) is 86.7 Å². The number of hydrogen-bond donors (Lipinski definition) is 2. The summed E-state index contributed by atoms with van der Waals surface area (Å²) in [5, 5.41) is 9.53. The van der Waals surface area contributed by atoms with Gasteiger partial charge in [0.05, 0.1) is 11.3 Å². The standard InChI is InChI=1S/C23H23N3O5/c27-21-19(15-25-13-5-2-6-14-25)20(22(28)29)24-23(30)26(21)16-9-11-18(12-10-16)31-17-7-3-1-4-8-17/h1,3-4,7-12H,2,5-6,13-15H2,(H,24,30)(H,28,29). The minimum absolute atomic E-state index is 0.0820. The lowest BCUT2D eigenvalue weighted by Crippen LogP contribution is -2.41. The van der Waals surface area contributed by atoms with Crippen LogP contribution < -0.4 is 16.0 Å². The maximum Gasteiger partial charge on any atom is 0.352 e. The number of aromatic carboxylic acids is 1. The molecular weight excluding hydrogens is 398 g/mol. The van der Waals surface area contributed by atoms with E-state index >= 15 is 0 Å². The molecule has 8 nitrogen and oxygen atoms in total. The lowest BCUT2D eigenvalue weighted by Gasteiger charge is -2.26. The Morgan fingerprint density at radius 3 is 2.23 bits per heavy atom. The zero-order valence-electron chi connectivity index (χ0n) is 16.9. The fourth-order valence-corrected chi connectivity index (χ4v) is 3.77. The molecule has 0 atom stereocenters. The third-order valence-electron chi connectivity index (χ3n) is 5.32. The van der Waals surface area contributed by atoms with E-state index in [-0.39, 0.29) is 17.8 Å². The number of hydrogen-bond acceptors (Lipinski definition) is 5. The summed E-state index contributed by atoms with van der Waals surface area (Å²) >= 11 is 0. The van der Waals surface area contributed by atoms with Gasteiger partial charge in [-0.05, 0) is 62.3 Å². The number of ether oxygens (including phenoxy) is 1. The van der Waals surface area contributed by atoms with Crippen molar-refractivity contribution in [3.8, 4) is 17.2 Å². The van der Waals surface area contributed by atoms with Crippen LogP contribution in [0.4, 0.5) is 0 Å². The Bertz CT molecular complexity index is 1180. The molecule has 1 saturated heterocycles. The number of likely N-dealkylation sites (tertiary alicyclic amines) is 1. The molecular formula is C23H23N3O5. The SMILES string of the molecule is O=C(O)c1[nH]c(=O)n(-c2ccc(Oc3ccccc3)cc2)c(=O)c1CN1CCCCC1. The first-order valence-corrected chi connectivity index (χ1v) is 10.2. The molecule has 0 bridgehead atoms. The second-order valence-electron chi connectivity index (χ2n) is 7.48. The van der Waals surface area contributed by atoms with Gasteiger partial charge >= 0.3 is 11.7 Å². The van der Waals surface area contributed by atoms with Gasteiger partial charge in [0, 0.05) is 6.54 Å². The van der Waals surface area contributed by atoms with Crippen LogP contribution in [0.1, 0.15) is 35.3 Å². The van der Waals surface area contributed by atoms with Gasteiger partial charge in [-0.25, -0.2) is 14.2 Å². The van der Waals surface area contributed by atoms with Crippen LogP contribution in [0.5, 0.6) is 11.5 Å². The summed E-state index contributed by atoms with van der Waals surface area (Å²) < 4.78 is 6.72. The number of para-hydroxylation sites is 1. The molecule has 4 rings (SSSR count). The lowest BCUT2D eigenvalue weighted by atomic mass is 10.1. The van der Waals surface area contributed by atoms with Gasteiger partial charge in [0.2, 0.25) is 0 Å². The highest BCUT2D eigenvalue weighted by Gasteiger charge is 2.22. The van der Waals surface area contributed by atoms with Gasteiger partial charge in [-0.1, -0.05) is 24.6 Å². The number of aromatic nitrogens is 2. The van der Waals surface area contributed by atoms with Crippen molar-refractivity contribution in [2.75, 3.05) is 13.1 Å². The van der Waals surface area contributed by atoms with Crippen LogP contribution in [-0.4, -0.2) is 38.6 Å². The van der Waals surface area contributed by atoms with Gasteiger partial charge in [0.1, 0.15) is 17.2 Å². The smallest absolute Gasteiger partial charge is 0.352 e. The fourth-order valence-electron chi connectivity index (χ4n) is 3.77. The van der Waals surface area contributed by atoms with E-state index in [4.69, 9.17) is 4.74 Å². The predicted molar refractivity (Wildman–Crippen MR) is 115 cm³/mol. The van der Waals surface area contributed by atoms with E-state index in [1.807, 2.05) is 35.2 Å². The maximum absolute atomic E-state index is 13.2. The number of nitrogens with zero attached hydrogens (tertiary/aromatic N) is 2. The summed E-state index contributed by atoms with van der Waals surface area (Å²) in [6.07, 6.45) is 3.13. The molecule has 0 saturated carbocycles. The molecule has 1 aliphatic rings. The van der Waals surface area contributed by atoms with Gasteiger partial charge in [-0.2, -0.15) is 0 Å². The molecule has 1 aliphatic heterocycles. The van der Waals surface area contributed by atoms with Gasteiger partial charge < -0.3 is 14.8 Å². The number of rotatable bonds is 6. The third kappa shape index (κ3) is 4.59. The van der Waals surface area contributed by atoms with Gasteiger partial charge in [-0.3, -0.25) is 9.69 Å². The number of aromatic amines is 1. The monoisotopic (exact) mass is 421 g/mol. The minimum Gasteiger partial charge on any atom is -0.477 e. The summed E-state index contributed by atoms with van der Waals surface area (Å²) in [5.74, 6) is -0.102. The lowest BCUT2D eigenvalue weighted by molar-refractivity contribution is 0.0686. The highest BCUT2D eigenvalue weighted by molar-refractivity contribution is 5.86. The topological polar surface area (TPSA) is 105 Å². The number of carboxylic acid groups (broad SMARTS) is 1. The van der Waals surface area contributed by atoms with E-state index in [0.29, 0.717) is 17.2 Å². The number of piperidine rings is 1. The Kier molecular flexibility index (Phi) is 5.99. The van der Waals surface area contributed by atoms with Crippen LogP contribution in [0.2, 0.25) is 0 Å². The molecule has 0 spiro atoms. The number of carbonyl (C=O) groups is 1. The van der Waals surface area contributed by atoms with Crippen LogP contribution >= 0.6 is 0 Å². The van der Waals surface area contributed by atoms with Gasteiger partial charge in [0.15, 0.2) is 0 Å². The maximum atomic E-state index is 13.2. The van der Waals surface area contributed by atoms with Crippen LogP contribution in [0.3, 0.4) is 0 Å². The first-order chi connectivity index (χ1) is 15.0. The molecule has 1 aromatic heterocycles. The molecule has 160 valence electrons. The van der Waals surface area contributed by atoms with E-state index in [1.54, 1.807) is 24.3 Å². The normalized spacial score (nSPS) is 14.3. The highest BCUT2D eigenvalue weighted by atomic mass is 16.5. The molecule has 2 aromatic carbocycles. The Morgan fingerprint density at radius 1 is 0.935 bits per heavy atom. The van der Waals surface area contributed by atoms with E-state index in [1.165, 1.54) is 0 Å². The number of carboxylic acids is 1.